The number of fused-ring (bicyclic) bond motifs is 1. The minimum absolute atomic E-state index is 0.0680. The van der Waals surface area contributed by atoms with E-state index in [2.05, 4.69) is 10.6 Å². The summed E-state index contributed by atoms with van der Waals surface area (Å²) in [6.45, 7) is -1.39. The fraction of sp³-hybridized carbons (Fsp3) is 0.318. The van der Waals surface area contributed by atoms with Crippen LogP contribution in [0.4, 0.5) is 23.7 Å². The van der Waals surface area contributed by atoms with Crippen LogP contribution in [0.15, 0.2) is 42.5 Å². The summed E-state index contributed by atoms with van der Waals surface area (Å²) in [4.78, 5) is 40.7. The molecule has 4 amide bonds. The second-order valence-corrected chi connectivity index (χ2v) is 9.33. The second kappa shape index (κ2) is 11.3. The van der Waals surface area contributed by atoms with Gasteiger partial charge in [0.1, 0.15) is 9.80 Å². The van der Waals surface area contributed by atoms with Gasteiger partial charge in [-0.3, -0.25) is 9.59 Å². The van der Waals surface area contributed by atoms with Crippen molar-refractivity contribution in [2.45, 2.75) is 16.8 Å². The number of rotatable bonds is 5. The van der Waals surface area contributed by atoms with Crippen LogP contribution in [0.2, 0.25) is 5.02 Å². The number of benzene rings is 2. The van der Waals surface area contributed by atoms with Crippen LogP contribution in [-0.4, -0.2) is 59.7 Å². The molecule has 0 spiro atoms. The Morgan fingerprint density at radius 1 is 1.20 bits per heavy atom. The molecule has 0 aromatic heterocycles. The number of likely N-dealkylation sites (N-methyl/N-ethyl adjacent to an activating group) is 1. The van der Waals surface area contributed by atoms with Gasteiger partial charge in [-0.1, -0.05) is 52.4 Å². The molecule has 13 heteroatoms. The summed E-state index contributed by atoms with van der Waals surface area (Å²) >= 11 is 8.27. The molecule has 0 bridgehead atoms. The number of ether oxygens (including phenoxy) is 1. The van der Waals surface area contributed by atoms with E-state index in [-0.39, 0.29) is 41.9 Å². The van der Waals surface area contributed by atoms with Crippen molar-refractivity contribution in [3.05, 3.63) is 58.6 Å². The van der Waals surface area contributed by atoms with E-state index in [4.69, 9.17) is 16.3 Å². The smallest absolute Gasteiger partial charge is 0.422 e. The van der Waals surface area contributed by atoms with Crippen molar-refractivity contribution in [2.24, 2.45) is 0 Å². The molecule has 1 aliphatic rings. The number of para-hydroxylation sites is 1. The number of carbonyl (C=O) groups is 3. The Hall–Kier alpha value is -2.74. The standard InChI is InChI=1S/C22H21ClF3IN4O4/c1-28-19(32)9-29-21(34)31-10-13-4-2-3-5-17(13)30(11-18(31)27)20(33)15-7-6-14(8-16(15)23)35-12-22(24,25)26/h2-8,18H,9-12H2,1H3,(H,28,32)(H,29,34)/t18-/m0/s1. The molecule has 1 heterocycles. The Balaban J connectivity index is 1.85. The molecule has 8 nitrogen and oxygen atoms in total. The highest BCUT2D eigenvalue weighted by Crippen LogP contribution is 2.32. The number of alkyl halides is 4. The third-order valence-corrected chi connectivity index (χ3v) is 6.43. The molecule has 0 aliphatic carbocycles. The lowest BCUT2D eigenvalue weighted by atomic mass is 10.1. The molecule has 0 fully saturated rings. The average molecular weight is 625 g/mol. The molecule has 0 saturated heterocycles. The number of urea groups is 1. The molecule has 0 unspecified atom stereocenters. The summed E-state index contributed by atoms with van der Waals surface area (Å²) < 4.78 is 41.5. The minimum atomic E-state index is -4.51. The van der Waals surface area contributed by atoms with Crippen molar-refractivity contribution in [3.8, 4) is 5.75 Å². The van der Waals surface area contributed by atoms with Crippen LogP contribution in [-0.2, 0) is 11.3 Å². The molecule has 2 N–H and O–H groups in total. The van der Waals surface area contributed by atoms with Crippen molar-refractivity contribution in [3.63, 3.8) is 0 Å². The topological polar surface area (TPSA) is 91.0 Å². The zero-order chi connectivity index (χ0) is 25.8. The number of hydrogen-bond acceptors (Lipinski definition) is 4. The largest absolute Gasteiger partial charge is 0.484 e. The van der Waals surface area contributed by atoms with Gasteiger partial charge in [-0.15, -0.1) is 0 Å². The Morgan fingerprint density at radius 2 is 1.91 bits per heavy atom. The molecule has 0 saturated carbocycles. The lowest BCUT2D eigenvalue weighted by Crippen LogP contribution is -2.48. The van der Waals surface area contributed by atoms with E-state index in [1.54, 1.807) is 24.3 Å². The van der Waals surface area contributed by atoms with Gasteiger partial charge in [0.05, 0.1) is 30.2 Å². The first-order chi connectivity index (χ1) is 16.5. The van der Waals surface area contributed by atoms with Crippen LogP contribution >= 0.6 is 34.2 Å². The number of halogens is 5. The Kier molecular flexibility index (Phi) is 8.70. The fourth-order valence-corrected chi connectivity index (χ4v) is 4.44. The molecule has 2 aromatic rings. The molecule has 0 radical (unpaired) electrons. The van der Waals surface area contributed by atoms with Gasteiger partial charge in [0.15, 0.2) is 6.61 Å². The molecular weight excluding hydrogens is 604 g/mol. The maximum absolute atomic E-state index is 13.5. The van der Waals surface area contributed by atoms with E-state index in [1.807, 2.05) is 22.6 Å². The SMILES string of the molecule is CNC(=O)CNC(=O)N1Cc2ccccc2N(C(=O)c2ccc(OCC(F)(F)F)cc2Cl)C[C@H]1I. The number of carbonyl (C=O) groups excluding carboxylic acids is 3. The first-order valence-electron chi connectivity index (χ1n) is 10.3. The predicted molar refractivity (Wildman–Crippen MR) is 132 cm³/mol. The van der Waals surface area contributed by atoms with Gasteiger partial charge in [0, 0.05) is 12.7 Å². The van der Waals surface area contributed by atoms with Gasteiger partial charge >= 0.3 is 12.2 Å². The molecule has 3 rings (SSSR count). The quantitative estimate of drug-likeness (QED) is 0.300. The highest BCUT2D eigenvalue weighted by atomic mass is 127. The van der Waals surface area contributed by atoms with Crippen molar-refractivity contribution >= 4 is 57.7 Å². The number of nitrogens with one attached hydrogen (secondary N) is 2. The van der Waals surface area contributed by atoms with Crippen LogP contribution in [0.1, 0.15) is 15.9 Å². The van der Waals surface area contributed by atoms with Crippen LogP contribution in [0.3, 0.4) is 0 Å². The van der Waals surface area contributed by atoms with E-state index in [1.165, 1.54) is 29.0 Å². The van der Waals surface area contributed by atoms with Crippen LogP contribution in [0.25, 0.3) is 0 Å². The Labute approximate surface area is 217 Å². The Bertz CT molecular complexity index is 1120. The zero-order valence-electron chi connectivity index (χ0n) is 18.4. The first kappa shape index (κ1) is 26.9. The monoisotopic (exact) mass is 624 g/mol. The highest BCUT2D eigenvalue weighted by molar-refractivity contribution is 14.1. The van der Waals surface area contributed by atoms with Crippen molar-refractivity contribution in [2.75, 3.05) is 31.6 Å². The molecular formula is C22H21ClF3IN4O4. The van der Waals surface area contributed by atoms with Gasteiger partial charge in [0.25, 0.3) is 5.91 Å². The Morgan fingerprint density at radius 3 is 2.57 bits per heavy atom. The number of anilines is 1. The number of amides is 4. The van der Waals surface area contributed by atoms with E-state index < -0.39 is 28.8 Å². The number of hydrogen-bond donors (Lipinski definition) is 2. The van der Waals surface area contributed by atoms with E-state index in [0.29, 0.717) is 11.3 Å². The maximum atomic E-state index is 13.5. The van der Waals surface area contributed by atoms with Crippen LogP contribution in [0, 0.1) is 0 Å². The average Bonchev–Trinajstić information content (AvgIpc) is 2.96. The summed E-state index contributed by atoms with van der Waals surface area (Å²) in [5.74, 6) is -0.960. The molecule has 188 valence electrons. The first-order valence-corrected chi connectivity index (χ1v) is 11.9. The fourth-order valence-electron chi connectivity index (χ4n) is 3.34. The molecule has 35 heavy (non-hydrogen) atoms. The number of nitrogens with zero attached hydrogens (tertiary/aromatic N) is 2. The van der Waals surface area contributed by atoms with Gasteiger partial charge in [-0.2, -0.15) is 13.2 Å². The molecule has 1 aliphatic heterocycles. The summed E-state index contributed by atoms with van der Waals surface area (Å²) in [5.41, 5.74) is 1.33. The van der Waals surface area contributed by atoms with Gasteiger partial charge in [-0.05, 0) is 29.8 Å². The van der Waals surface area contributed by atoms with Crippen LogP contribution < -0.4 is 20.3 Å². The third-order valence-electron chi connectivity index (χ3n) is 5.05. The van der Waals surface area contributed by atoms with Crippen LogP contribution in [0.5, 0.6) is 5.75 Å². The summed E-state index contributed by atoms with van der Waals surface area (Å²) in [6.07, 6.45) is -4.51. The summed E-state index contributed by atoms with van der Waals surface area (Å²) in [6, 6.07) is 10.3. The lowest BCUT2D eigenvalue weighted by molar-refractivity contribution is -0.153. The summed E-state index contributed by atoms with van der Waals surface area (Å²) in [5, 5.41) is 4.91. The van der Waals surface area contributed by atoms with Gasteiger partial charge in [-0.25, -0.2) is 4.79 Å². The van der Waals surface area contributed by atoms with E-state index in [0.717, 1.165) is 6.07 Å². The highest BCUT2D eigenvalue weighted by Gasteiger charge is 2.33. The van der Waals surface area contributed by atoms with Crippen molar-refractivity contribution < 1.29 is 32.3 Å². The van der Waals surface area contributed by atoms with Crippen molar-refractivity contribution in [1.82, 2.24) is 15.5 Å². The van der Waals surface area contributed by atoms with E-state index >= 15 is 0 Å². The molecule has 1 atom stereocenters. The lowest BCUT2D eigenvalue weighted by Gasteiger charge is -2.28. The minimum Gasteiger partial charge on any atom is -0.484 e. The maximum Gasteiger partial charge on any atom is 0.422 e. The van der Waals surface area contributed by atoms with Gasteiger partial charge in [0.2, 0.25) is 5.91 Å². The second-order valence-electron chi connectivity index (χ2n) is 7.48. The predicted octanol–water partition coefficient (Wildman–Crippen LogP) is 3.96. The summed E-state index contributed by atoms with van der Waals surface area (Å²) in [7, 11) is 1.46. The van der Waals surface area contributed by atoms with E-state index in [9.17, 15) is 27.6 Å². The normalized spacial score (nSPS) is 15.7. The zero-order valence-corrected chi connectivity index (χ0v) is 21.3. The third kappa shape index (κ3) is 6.90. The van der Waals surface area contributed by atoms with Crippen molar-refractivity contribution in [1.29, 1.82) is 0 Å². The van der Waals surface area contributed by atoms with Gasteiger partial charge < -0.3 is 25.2 Å². The molecule has 2 aromatic carbocycles.